The number of benzene rings is 1. The third-order valence-corrected chi connectivity index (χ3v) is 2.94. The van der Waals surface area contributed by atoms with Gasteiger partial charge in [0.15, 0.2) is 17.5 Å². The average molecular weight is 318 g/mol. The molecule has 0 fully saturated rings. The van der Waals surface area contributed by atoms with Crippen LogP contribution in [0.4, 0.5) is 18.9 Å². The van der Waals surface area contributed by atoms with Crippen molar-refractivity contribution in [2.75, 3.05) is 11.9 Å². The van der Waals surface area contributed by atoms with Gasteiger partial charge >= 0.3 is 0 Å². The van der Waals surface area contributed by atoms with E-state index in [1.54, 1.807) is 6.92 Å². The van der Waals surface area contributed by atoms with Gasteiger partial charge in [0.25, 0.3) is 5.91 Å². The lowest BCUT2D eigenvalue weighted by Gasteiger charge is -2.21. The van der Waals surface area contributed by atoms with Crippen molar-refractivity contribution in [1.29, 1.82) is 0 Å². The first-order valence-electron chi connectivity index (χ1n) is 6.63. The highest BCUT2D eigenvalue weighted by molar-refractivity contribution is 5.95. The molecule has 5 nitrogen and oxygen atoms in total. The van der Waals surface area contributed by atoms with E-state index in [4.69, 9.17) is 0 Å². The van der Waals surface area contributed by atoms with Crippen LogP contribution in [0, 0.1) is 17.5 Å². The number of carbonyl (C=O) groups excluding carboxylic acids is 2. The second kappa shape index (κ2) is 7.26. The van der Waals surface area contributed by atoms with Gasteiger partial charge in [0, 0.05) is 0 Å². The Kier molecular flexibility index (Phi) is 5.92. The Balaban J connectivity index is 2.61. The Morgan fingerprint density at radius 3 is 2.45 bits per heavy atom. The lowest BCUT2D eigenvalue weighted by Crippen LogP contribution is -2.46. The molecular formula is C14H17F3N2O3. The Morgan fingerprint density at radius 2 is 1.86 bits per heavy atom. The second-order valence-electron chi connectivity index (χ2n) is 4.98. The molecule has 0 heterocycles. The maximum atomic E-state index is 13.4. The average Bonchev–Trinajstić information content (AvgIpc) is 2.45. The summed E-state index contributed by atoms with van der Waals surface area (Å²) in [4.78, 5) is 23.2. The van der Waals surface area contributed by atoms with Crippen LogP contribution < -0.4 is 10.6 Å². The Hall–Kier alpha value is -2.09. The lowest BCUT2D eigenvalue weighted by molar-refractivity contribution is -0.139. The van der Waals surface area contributed by atoms with Gasteiger partial charge in [-0.3, -0.25) is 9.59 Å². The van der Waals surface area contributed by atoms with Gasteiger partial charge in [-0.1, -0.05) is 13.3 Å². The van der Waals surface area contributed by atoms with Crippen LogP contribution in [0.5, 0.6) is 0 Å². The van der Waals surface area contributed by atoms with Crippen molar-refractivity contribution in [2.24, 2.45) is 0 Å². The Morgan fingerprint density at radius 1 is 1.23 bits per heavy atom. The molecule has 0 aliphatic heterocycles. The first kappa shape index (κ1) is 18.0. The van der Waals surface area contributed by atoms with E-state index in [1.807, 2.05) is 5.32 Å². The zero-order chi connectivity index (χ0) is 16.9. The molecule has 0 bridgehead atoms. The van der Waals surface area contributed by atoms with Crippen LogP contribution in [0.3, 0.4) is 0 Å². The van der Waals surface area contributed by atoms with Crippen molar-refractivity contribution in [3.63, 3.8) is 0 Å². The highest BCUT2D eigenvalue weighted by Gasteiger charge is 2.29. The van der Waals surface area contributed by atoms with Crippen molar-refractivity contribution < 1.29 is 27.9 Å². The summed E-state index contributed by atoms with van der Waals surface area (Å²) in [6.07, 6.45) is 0.769. The molecule has 2 amide bonds. The van der Waals surface area contributed by atoms with Crippen LogP contribution in [-0.2, 0) is 9.59 Å². The van der Waals surface area contributed by atoms with E-state index in [-0.39, 0.29) is 6.42 Å². The largest absolute Gasteiger partial charge is 0.380 e. The number of hydrogen-bond acceptors (Lipinski definition) is 3. The molecule has 1 aromatic rings. The molecule has 8 heteroatoms. The van der Waals surface area contributed by atoms with Crippen LogP contribution in [-0.4, -0.2) is 29.1 Å². The standard InChI is InChI=1S/C14H17F3N2O3/c1-3-6-14(2,22)13(21)18-7-10(20)19-9-5-4-8(15)11(16)12(9)17/h4-5,22H,3,6-7H2,1-2H3,(H,18,21)(H,19,20). The van der Waals surface area contributed by atoms with Gasteiger partial charge in [0.2, 0.25) is 5.91 Å². The summed E-state index contributed by atoms with van der Waals surface area (Å²) in [6, 6.07) is 1.53. The number of carbonyl (C=O) groups is 2. The molecule has 0 aliphatic carbocycles. The van der Waals surface area contributed by atoms with Gasteiger partial charge in [0.1, 0.15) is 5.60 Å². The van der Waals surface area contributed by atoms with E-state index in [0.717, 1.165) is 6.07 Å². The number of nitrogens with one attached hydrogen (secondary N) is 2. The summed E-state index contributed by atoms with van der Waals surface area (Å²) < 4.78 is 39.1. The number of halogens is 3. The van der Waals surface area contributed by atoms with Crippen LogP contribution in [0.15, 0.2) is 12.1 Å². The second-order valence-corrected chi connectivity index (χ2v) is 4.98. The SMILES string of the molecule is CCCC(C)(O)C(=O)NCC(=O)Nc1ccc(F)c(F)c1F. The van der Waals surface area contributed by atoms with Crippen LogP contribution >= 0.6 is 0 Å². The molecular weight excluding hydrogens is 301 g/mol. The van der Waals surface area contributed by atoms with Crippen LogP contribution in [0.2, 0.25) is 0 Å². The highest BCUT2D eigenvalue weighted by Crippen LogP contribution is 2.19. The minimum Gasteiger partial charge on any atom is -0.380 e. The Bertz CT molecular complexity index is 577. The fraction of sp³-hybridized carbons (Fsp3) is 0.429. The number of rotatable bonds is 6. The highest BCUT2D eigenvalue weighted by atomic mass is 19.2. The number of amides is 2. The van der Waals surface area contributed by atoms with Gasteiger partial charge in [-0.15, -0.1) is 0 Å². The number of anilines is 1. The molecule has 122 valence electrons. The van der Waals surface area contributed by atoms with Crippen molar-refractivity contribution >= 4 is 17.5 Å². The molecule has 0 aromatic heterocycles. The normalized spacial score (nSPS) is 13.4. The quantitative estimate of drug-likeness (QED) is 0.699. The molecule has 1 atom stereocenters. The summed E-state index contributed by atoms with van der Waals surface area (Å²) in [5.74, 6) is -6.20. The molecule has 0 saturated heterocycles. The molecule has 0 saturated carbocycles. The third-order valence-electron chi connectivity index (χ3n) is 2.94. The van der Waals surface area contributed by atoms with E-state index < -0.39 is 47.1 Å². The number of hydrogen-bond donors (Lipinski definition) is 3. The summed E-state index contributed by atoms with van der Waals surface area (Å²) in [7, 11) is 0. The van der Waals surface area contributed by atoms with E-state index in [1.165, 1.54) is 6.92 Å². The van der Waals surface area contributed by atoms with Crippen LogP contribution in [0.1, 0.15) is 26.7 Å². The van der Waals surface area contributed by atoms with E-state index in [0.29, 0.717) is 12.5 Å². The Labute approximate surface area is 125 Å². The topological polar surface area (TPSA) is 78.4 Å². The van der Waals surface area contributed by atoms with Gasteiger partial charge in [0.05, 0.1) is 12.2 Å². The minimum atomic E-state index is -1.70. The fourth-order valence-electron chi connectivity index (χ4n) is 1.77. The summed E-state index contributed by atoms with van der Waals surface area (Å²) in [5.41, 5.74) is -2.17. The molecule has 3 N–H and O–H groups in total. The van der Waals surface area contributed by atoms with Gasteiger partial charge < -0.3 is 15.7 Å². The van der Waals surface area contributed by atoms with Crippen molar-refractivity contribution in [3.05, 3.63) is 29.6 Å². The molecule has 0 aliphatic rings. The molecule has 0 spiro atoms. The van der Waals surface area contributed by atoms with Gasteiger partial charge in [-0.25, -0.2) is 13.2 Å². The molecule has 0 radical (unpaired) electrons. The molecule has 22 heavy (non-hydrogen) atoms. The van der Waals surface area contributed by atoms with E-state index >= 15 is 0 Å². The zero-order valence-electron chi connectivity index (χ0n) is 12.2. The predicted octanol–water partition coefficient (Wildman–Crippen LogP) is 1.71. The minimum absolute atomic E-state index is 0.207. The fourth-order valence-corrected chi connectivity index (χ4v) is 1.77. The maximum Gasteiger partial charge on any atom is 0.252 e. The number of aliphatic hydroxyl groups is 1. The predicted molar refractivity (Wildman–Crippen MR) is 73.5 cm³/mol. The van der Waals surface area contributed by atoms with E-state index in [9.17, 15) is 27.9 Å². The molecule has 1 rings (SSSR count). The molecule has 1 unspecified atom stereocenters. The van der Waals surface area contributed by atoms with Crippen molar-refractivity contribution in [2.45, 2.75) is 32.3 Å². The smallest absolute Gasteiger partial charge is 0.252 e. The monoisotopic (exact) mass is 318 g/mol. The van der Waals surface area contributed by atoms with Crippen LogP contribution in [0.25, 0.3) is 0 Å². The maximum absolute atomic E-state index is 13.4. The first-order valence-corrected chi connectivity index (χ1v) is 6.63. The summed E-state index contributed by atoms with van der Waals surface area (Å²) in [5, 5.41) is 14.0. The van der Waals surface area contributed by atoms with Crippen molar-refractivity contribution in [1.82, 2.24) is 5.32 Å². The summed E-state index contributed by atoms with van der Waals surface area (Å²) in [6.45, 7) is 2.54. The van der Waals surface area contributed by atoms with Gasteiger partial charge in [-0.2, -0.15) is 0 Å². The summed E-state index contributed by atoms with van der Waals surface area (Å²) >= 11 is 0. The van der Waals surface area contributed by atoms with Gasteiger partial charge in [-0.05, 0) is 25.5 Å². The van der Waals surface area contributed by atoms with Crippen molar-refractivity contribution in [3.8, 4) is 0 Å². The zero-order valence-corrected chi connectivity index (χ0v) is 12.2. The third kappa shape index (κ3) is 4.45. The lowest BCUT2D eigenvalue weighted by atomic mass is 10.00. The first-order chi connectivity index (χ1) is 10.2. The molecule has 1 aromatic carbocycles. The van der Waals surface area contributed by atoms with E-state index in [2.05, 4.69) is 5.32 Å².